The minimum Gasteiger partial charge on any atom is -0.452 e. The van der Waals surface area contributed by atoms with Gasteiger partial charge in [-0.1, -0.05) is 45.9 Å². The Hall–Kier alpha value is -2.71. The monoisotopic (exact) mass is 432 g/mol. The lowest BCUT2D eigenvalue weighted by Gasteiger charge is -2.18. The van der Waals surface area contributed by atoms with Gasteiger partial charge in [-0.15, -0.1) is 0 Å². The Morgan fingerprint density at radius 2 is 1.67 bits per heavy atom. The van der Waals surface area contributed by atoms with Crippen molar-refractivity contribution in [2.45, 2.75) is 38.5 Å². The van der Waals surface area contributed by atoms with Crippen LogP contribution in [0.4, 0.5) is 5.69 Å². The van der Waals surface area contributed by atoms with Crippen LogP contribution < -0.4 is 5.32 Å². The molecular weight excluding hydrogens is 404 g/mol. The number of hydrogen-bond donors (Lipinski definition) is 1. The molecule has 0 aromatic heterocycles. The highest BCUT2D eigenvalue weighted by Crippen LogP contribution is 2.18. The highest BCUT2D eigenvalue weighted by atomic mass is 32.2. The maximum atomic E-state index is 12.6. The van der Waals surface area contributed by atoms with Crippen LogP contribution >= 0.6 is 0 Å². The lowest BCUT2D eigenvalue weighted by atomic mass is 10.0. The SMILES string of the molecule is CCN(CC)S(=O)(=O)c1cccc(C(=O)OCC(=O)Nc2ccc(C(C)C)cc2)c1. The lowest BCUT2D eigenvalue weighted by Crippen LogP contribution is -2.30. The number of benzene rings is 2. The first-order valence-electron chi connectivity index (χ1n) is 9.86. The Morgan fingerprint density at radius 1 is 1.03 bits per heavy atom. The molecule has 1 amide bonds. The van der Waals surface area contributed by atoms with E-state index in [1.54, 1.807) is 26.0 Å². The summed E-state index contributed by atoms with van der Waals surface area (Å²) in [5.41, 5.74) is 1.82. The van der Waals surface area contributed by atoms with Crippen LogP contribution in [0.2, 0.25) is 0 Å². The van der Waals surface area contributed by atoms with Gasteiger partial charge in [-0.05, 0) is 41.8 Å². The molecule has 0 fully saturated rings. The first kappa shape index (κ1) is 23.6. The largest absolute Gasteiger partial charge is 0.452 e. The van der Waals surface area contributed by atoms with Crippen LogP contribution in [0.1, 0.15) is 49.5 Å². The molecule has 0 atom stereocenters. The van der Waals surface area contributed by atoms with Crippen molar-refractivity contribution in [1.82, 2.24) is 4.31 Å². The predicted molar refractivity (Wildman–Crippen MR) is 116 cm³/mol. The third-order valence-electron chi connectivity index (χ3n) is 4.61. The smallest absolute Gasteiger partial charge is 0.338 e. The summed E-state index contributed by atoms with van der Waals surface area (Å²) in [4.78, 5) is 24.4. The molecule has 0 unspecified atom stereocenters. The first-order valence-corrected chi connectivity index (χ1v) is 11.3. The Bertz CT molecular complexity index is 981. The molecule has 0 aliphatic heterocycles. The van der Waals surface area contributed by atoms with Crippen molar-refractivity contribution >= 4 is 27.6 Å². The number of ether oxygens (including phenoxy) is 1. The molecule has 0 aliphatic carbocycles. The van der Waals surface area contributed by atoms with Crippen LogP contribution in [0, 0.1) is 0 Å². The van der Waals surface area contributed by atoms with E-state index in [9.17, 15) is 18.0 Å². The van der Waals surface area contributed by atoms with E-state index < -0.39 is 28.5 Å². The van der Waals surface area contributed by atoms with Crippen LogP contribution in [-0.4, -0.2) is 44.3 Å². The quantitative estimate of drug-likeness (QED) is 0.611. The second-order valence-corrected chi connectivity index (χ2v) is 8.96. The summed E-state index contributed by atoms with van der Waals surface area (Å²) in [7, 11) is -3.69. The summed E-state index contributed by atoms with van der Waals surface area (Å²) in [6.45, 7) is 7.82. The number of anilines is 1. The van der Waals surface area contributed by atoms with E-state index in [0.29, 0.717) is 24.7 Å². The van der Waals surface area contributed by atoms with Crippen molar-refractivity contribution in [3.63, 3.8) is 0 Å². The fraction of sp³-hybridized carbons (Fsp3) is 0.364. The summed E-state index contributed by atoms with van der Waals surface area (Å²) >= 11 is 0. The molecule has 162 valence electrons. The van der Waals surface area contributed by atoms with Crippen LogP contribution in [0.3, 0.4) is 0 Å². The molecule has 1 N–H and O–H groups in total. The van der Waals surface area contributed by atoms with Crippen LogP contribution in [0.15, 0.2) is 53.4 Å². The Kier molecular flexibility index (Phi) is 8.14. The number of carbonyl (C=O) groups excluding carboxylic acids is 2. The van der Waals surface area contributed by atoms with Crippen molar-refractivity contribution in [2.75, 3.05) is 25.0 Å². The number of esters is 1. The second-order valence-electron chi connectivity index (χ2n) is 7.02. The molecule has 0 saturated heterocycles. The van der Waals surface area contributed by atoms with E-state index in [-0.39, 0.29) is 10.5 Å². The van der Waals surface area contributed by atoms with Gasteiger partial charge in [-0.3, -0.25) is 4.79 Å². The van der Waals surface area contributed by atoms with E-state index in [1.807, 2.05) is 12.1 Å². The van der Waals surface area contributed by atoms with Crippen molar-refractivity contribution in [3.8, 4) is 0 Å². The van der Waals surface area contributed by atoms with E-state index in [2.05, 4.69) is 19.2 Å². The molecule has 0 radical (unpaired) electrons. The molecular formula is C22H28N2O5S. The van der Waals surface area contributed by atoms with Gasteiger partial charge >= 0.3 is 5.97 Å². The predicted octanol–water partition coefficient (Wildman–Crippen LogP) is 3.64. The fourth-order valence-corrected chi connectivity index (χ4v) is 4.36. The number of sulfonamides is 1. The van der Waals surface area contributed by atoms with Gasteiger partial charge in [0, 0.05) is 18.8 Å². The molecule has 2 aromatic rings. The van der Waals surface area contributed by atoms with Gasteiger partial charge in [0.2, 0.25) is 10.0 Å². The molecule has 0 aliphatic rings. The van der Waals surface area contributed by atoms with Gasteiger partial charge in [-0.2, -0.15) is 4.31 Å². The lowest BCUT2D eigenvalue weighted by molar-refractivity contribution is -0.119. The topological polar surface area (TPSA) is 92.8 Å². The van der Waals surface area contributed by atoms with Crippen molar-refractivity contribution in [1.29, 1.82) is 0 Å². The third-order valence-corrected chi connectivity index (χ3v) is 6.65. The van der Waals surface area contributed by atoms with E-state index in [1.165, 1.54) is 28.6 Å². The summed E-state index contributed by atoms with van der Waals surface area (Å²) < 4.78 is 31.6. The zero-order valence-corrected chi connectivity index (χ0v) is 18.5. The van der Waals surface area contributed by atoms with E-state index in [4.69, 9.17) is 4.74 Å². The number of nitrogens with one attached hydrogen (secondary N) is 1. The summed E-state index contributed by atoms with van der Waals surface area (Å²) in [5, 5.41) is 2.66. The van der Waals surface area contributed by atoms with Crippen LogP contribution in [0.5, 0.6) is 0 Å². The van der Waals surface area contributed by atoms with Gasteiger partial charge < -0.3 is 10.1 Å². The third kappa shape index (κ3) is 5.90. The molecule has 2 aromatic carbocycles. The van der Waals surface area contributed by atoms with Gasteiger partial charge in [-0.25, -0.2) is 13.2 Å². The number of amides is 1. The van der Waals surface area contributed by atoms with Crippen LogP contribution in [0.25, 0.3) is 0 Å². The minimum atomic E-state index is -3.69. The van der Waals surface area contributed by atoms with Crippen molar-refractivity contribution in [2.24, 2.45) is 0 Å². The molecule has 0 bridgehead atoms. The average molecular weight is 433 g/mol. The highest BCUT2D eigenvalue weighted by molar-refractivity contribution is 7.89. The van der Waals surface area contributed by atoms with Gasteiger partial charge in [0.15, 0.2) is 6.61 Å². The van der Waals surface area contributed by atoms with Crippen LogP contribution in [-0.2, 0) is 19.6 Å². The normalized spacial score (nSPS) is 11.5. The molecule has 8 heteroatoms. The second kappa shape index (κ2) is 10.4. The molecule has 0 heterocycles. The summed E-state index contributed by atoms with van der Waals surface area (Å²) in [5.74, 6) is -0.860. The zero-order chi connectivity index (χ0) is 22.3. The maximum absolute atomic E-state index is 12.6. The Morgan fingerprint density at radius 3 is 2.23 bits per heavy atom. The average Bonchev–Trinajstić information content (AvgIpc) is 2.73. The number of nitrogens with zero attached hydrogens (tertiary/aromatic N) is 1. The number of carbonyl (C=O) groups is 2. The van der Waals surface area contributed by atoms with Crippen molar-refractivity contribution in [3.05, 3.63) is 59.7 Å². The maximum Gasteiger partial charge on any atom is 0.338 e. The van der Waals surface area contributed by atoms with Crippen molar-refractivity contribution < 1.29 is 22.7 Å². The van der Waals surface area contributed by atoms with E-state index >= 15 is 0 Å². The summed E-state index contributed by atoms with van der Waals surface area (Å²) in [6.07, 6.45) is 0. The van der Waals surface area contributed by atoms with Gasteiger partial charge in [0.25, 0.3) is 5.91 Å². The molecule has 0 spiro atoms. The number of rotatable bonds is 9. The first-order chi connectivity index (χ1) is 14.2. The molecule has 7 nitrogen and oxygen atoms in total. The highest BCUT2D eigenvalue weighted by Gasteiger charge is 2.23. The zero-order valence-electron chi connectivity index (χ0n) is 17.7. The Balaban J connectivity index is 2.00. The van der Waals surface area contributed by atoms with Gasteiger partial charge in [0.1, 0.15) is 0 Å². The number of hydrogen-bond acceptors (Lipinski definition) is 5. The molecule has 0 saturated carbocycles. The standard InChI is InChI=1S/C22H28N2O5S/c1-5-24(6-2)30(27,28)20-9-7-8-18(14-20)22(26)29-15-21(25)23-19-12-10-17(11-13-19)16(3)4/h7-14,16H,5-6,15H2,1-4H3,(H,23,25). The minimum absolute atomic E-state index is 0.00958. The van der Waals surface area contributed by atoms with Gasteiger partial charge in [0.05, 0.1) is 10.5 Å². The fourth-order valence-electron chi connectivity index (χ4n) is 2.86. The summed E-state index contributed by atoms with van der Waals surface area (Å²) in [6, 6.07) is 13.0. The Labute approximate surface area is 178 Å². The van der Waals surface area contributed by atoms with E-state index in [0.717, 1.165) is 5.56 Å². The molecule has 2 rings (SSSR count). The molecule has 30 heavy (non-hydrogen) atoms.